The molecule has 0 fully saturated rings. The predicted octanol–water partition coefficient (Wildman–Crippen LogP) is 14.0. The van der Waals surface area contributed by atoms with Gasteiger partial charge in [0.05, 0.1) is 6.61 Å². The van der Waals surface area contributed by atoms with E-state index in [-0.39, 0.29) is 19.4 Å². The standard InChI is InChI=1S/C45H85O8P/c1-3-5-7-9-11-13-15-17-19-20-21-22-23-24-25-26-28-29-31-33-35-37-39-44(46)51-41-43(42-52-54(48,49)50)53-45(47)40-38-36-34-32-30-27-18-16-14-12-10-8-6-4-2/h10,12,16,18,43H,3-9,11,13-15,17,19-42H2,1-2H3,(H2,48,49,50)/b12-10+,18-16+/t43-/m1/s1. The van der Waals surface area contributed by atoms with Gasteiger partial charge in [-0.15, -0.1) is 0 Å². The first-order valence-corrected chi connectivity index (χ1v) is 24.2. The van der Waals surface area contributed by atoms with E-state index in [0.717, 1.165) is 64.2 Å². The molecule has 0 amide bonds. The fourth-order valence-electron chi connectivity index (χ4n) is 6.57. The van der Waals surface area contributed by atoms with Crippen LogP contribution in [0, 0.1) is 0 Å². The van der Waals surface area contributed by atoms with Crippen molar-refractivity contribution in [1.82, 2.24) is 0 Å². The number of hydrogen-bond acceptors (Lipinski definition) is 6. The lowest BCUT2D eigenvalue weighted by molar-refractivity contribution is -0.161. The van der Waals surface area contributed by atoms with Crippen LogP contribution >= 0.6 is 7.82 Å². The fourth-order valence-corrected chi connectivity index (χ4v) is 6.93. The number of phosphoric ester groups is 1. The molecular formula is C45H85O8P. The zero-order valence-electron chi connectivity index (χ0n) is 35.1. The number of carbonyl (C=O) groups excluding carboxylic acids is 2. The summed E-state index contributed by atoms with van der Waals surface area (Å²) in [5, 5.41) is 0. The highest BCUT2D eigenvalue weighted by Gasteiger charge is 2.22. The lowest BCUT2D eigenvalue weighted by atomic mass is 10.0. The summed E-state index contributed by atoms with van der Waals surface area (Å²) < 4.78 is 26.4. The van der Waals surface area contributed by atoms with Gasteiger partial charge in [-0.3, -0.25) is 14.1 Å². The van der Waals surface area contributed by atoms with Gasteiger partial charge in [0.1, 0.15) is 6.61 Å². The van der Waals surface area contributed by atoms with Gasteiger partial charge in [0.2, 0.25) is 0 Å². The van der Waals surface area contributed by atoms with Crippen molar-refractivity contribution < 1.29 is 37.9 Å². The lowest BCUT2D eigenvalue weighted by Gasteiger charge is -2.18. The van der Waals surface area contributed by atoms with Crippen LogP contribution in [0.1, 0.15) is 232 Å². The molecule has 0 unspecified atom stereocenters. The van der Waals surface area contributed by atoms with E-state index in [1.54, 1.807) is 0 Å². The molecule has 0 aliphatic rings. The van der Waals surface area contributed by atoms with Crippen LogP contribution in [-0.4, -0.2) is 41.0 Å². The Balaban J connectivity index is 3.81. The van der Waals surface area contributed by atoms with E-state index >= 15 is 0 Å². The Kier molecular flexibility index (Phi) is 40.1. The van der Waals surface area contributed by atoms with Gasteiger partial charge >= 0.3 is 19.8 Å². The highest BCUT2D eigenvalue weighted by molar-refractivity contribution is 7.46. The first-order valence-electron chi connectivity index (χ1n) is 22.6. The maximum absolute atomic E-state index is 12.4. The van der Waals surface area contributed by atoms with Gasteiger partial charge in [0.15, 0.2) is 6.10 Å². The minimum absolute atomic E-state index is 0.199. The Morgan fingerprint density at radius 3 is 1.28 bits per heavy atom. The monoisotopic (exact) mass is 785 g/mol. The summed E-state index contributed by atoms with van der Waals surface area (Å²) >= 11 is 0. The molecule has 54 heavy (non-hydrogen) atoms. The molecule has 0 heterocycles. The van der Waals surface area contributed by atoms with Crippen molar-refractivity contribution >= 4 is 19.8 Å². The molecular weight excluding hydrogens is 699 g/mol. The number of hydrogen-bond donors (Lipinski definition) is 2. The SMILES string of the molecule is CCCC/C=C/C/C=C/CCCCCCCC(=O)O[C@H](COC(=O)CCCCCCCCCCCCCCCCCCCCCCCC)COP(=O)(O)O. The van der Waals surface area contributed by atoms with Crippen molar-refractivity contribution in [3.05, 3.63) is 24.3 Å². The number of esters is 2. The molecule has 0 spiro atoms. The maximum atomic E-state index is 12.4. The van der Waals surface area contributed by atoms with Crippen LogP contribution in [0.5, 0.6) is 0 Å². The molecule has 0 aliphatic heterocycles. The maximum Gasteiger partial charge on any atom is 0.469 e. The van der Waals surface area contributed by atoms with Crippen LogP contribution < -0.4 is 0 Å². The first kappa shape index (κ1) is 52.5. The lowest BCUT2D eigenvalue weighted by Crippen LogP contribution is -2.29. The number of carbonyl (C=O) groups is 2. The van der Waals surface area contributed by atoms with Gasteiger partial charge in [-0.2, -0.15) is 0 Å². The molecule has 318 valence electrons. The summed E-state index contributed by atoms with van der Waals surface area (Å²) in [6, 6.07) is 0. The van der Waals surface area contributed by atoms with Gasteiger partial charge in [-0.05, 0) is 38.5 Å². The van der Waals surface area contributed by atoms with Gasteiger partial charge < -0.3 is 19.3 Å². The third-order valence-corrected chi connectivity index (χ3v) is 10.5. The Hall–Kier alpha value is -1.47. The van der Waals surface area contributed by atoms with Crippen molar-refractivity contribution in [3.8, 4) is 0 Å². The summed E-state index contributed by atoms with van der Waals surface area (Å²) in [5.41, 5.74) is 0. The zero-order valence-corrected chi connectivity index (χ0v) is 36.0. The molecule has 8 nitrogen and oxygen atoms in total. The van der Waals surface area contributed by atoms with Gasteiger partial charge in [0, 0.05) is 12.8 Å². The second kappa shape index (κ2) is 41.2. The molecule has 0 bridgehead atoms. The summed E-state index contributed by atoms with van der Waals surface area (Å²) in [4.78, 5) is 42.9. The molecule has 2 N–H and O–H groups in total. The molecule has 0 aromatic heterocycles. The molecule has 0 radical (unpaired) electrons. The van der Waals surface area contributed by atoms with Crippen LogP contribution in [-0.2, 0) is 28.2 Å². The fraction of sp³-hybridized carbons (Fsp3) is 0.867. The normalized spacial score (nSPS) is 12.6. The molecule has 0 rings (SSSR count). The van der Waals surface area contributed by atoms with E-state index in [9.17, 15) is 14.2 Å². The number of ether oxygens (including phenoxy) is 2. The van der Waals surface area contributed by atoms with Crippen LogP contribution in [0.4, 0.5) is 0 Å². The average Bonchev–Trinajstić information content (AvgIpc) is 3.14. The minimum Gasteiger partial charge on any atom is -0.462 e. The Labute approximate surface area is 332 Å². The number of phosphoric acid groups is 1. The van der Waals surface area contributed by atoms with Crippen molar-refractivity contribution in [3.63, 3.8) is 0 Å². The van der Waals surface area contributed by atoms with Crippen LogP contribution in [0.15, 0.2) is 24.3 Å². The van der Waals surface area contributed by atoms with Crippen molar-refractivity contribution in [2.24, 2.45) is 0 Å². The smallest absolute Gasteiger partial charge is 0.462 e. The van der Waals surface area contributed by atoms with Crippen LogP contribution in [0.25, 0.3) is 0 Å². The van der Waals surface area contributed by atoms with Crippen LogP contribution in [0.3, 0.4) is 0 Å². The quantitative estimate of drug-likeness (QED) is 0.0272. The second-order valence-corrected chi connectivity index (χ2v) is 16.6. The van der Waals surface area contributed by atoms with E-state index < -0.39 is 32.5 Å². The number of unbranched alkanes of at least 4 members (excludes halogenated alkanes) is 28. The molecule has 0 aromatic carbocycles. The summed E-state index contributed by atoms with van der Waals surface area (Å²) in [5.74, 6) is -0.890. The average molecular weight is 785 g/mol. The van der Waals surface area contributed by atoms with Crippen molar-refractivity contribution in [2.45, 2.75) is 238 Å². The Morgan fingerprint density at radius 1 is 0.481 bits per heavy atom. The van der Waals surface area contributed by atoms with E-state index in [1.807, 2.05) is 0 Å². The van der Waals surface area contributed by atoms with E-state index in [0.29, 0.717) is 6.42 Å². The molecule has 0 aromatic rings. The first-order chi connectivity index (χ1) is 26.3. The van der Waals surface area contributed by atoms with E-state index in [2.05, 4.69) is 42.7 Å². The molecule has 1 atom stereocenters. The highest BCUT2D eigenvalue weighted by Crippen LogP contribution is 2.36. The van der Waals surface area contributed by atoms with Gasteiger partial charge in [-0.1, -0.05) is 205 Å². The molecule has 0 saturated heterocycles. The summed E-state index contributed by atoms with van der Waals surface area (Å²) in [7, 11) is -4.75. The molecule has 9 heteroatoms. The minimum atomic E-state index is -4.75. The van der Waals surface area contributed by atoms with Gasteiger partial charge in [-0.25, -0.2) is 4.57 Å². The van der Waals surface area contributed by atoms with Gasteiger partial charge in [0.25, 0.3) is 0 Å². The number of allylic oxidation sites excluding steroid dienone is 4. The zero-order chi connectivity index (χ0) is 39.6. The largest absolute Gasteiger partial charge is 0.469 e. The van der Waals surface area contributed by atoms with E-state index in [1.165, 1.54) is 135 Å². The van der Waals surface area contributed by atoms with E-state index in [4.69, 9.17) is 19.3 Å². The topological polar surface area (TPSA) is 119 Å². The summed E-state index contributed by atoms with van der Waals surface area (Å²) in [6.45, 7) is 3.66. The Bertz CT molecular complexity index is 931. The second-order valence-electron chi connectivity index (χ2n) is 15.4. The highest BCUT2D eigenvalue weighted by atomic mass is 31.2. The predicted molar refractivity (Wildman–Crippen MR) is 225 cm³/mol. The third-order valence-electron chi connectivity index (χ3n) is 9.97. The van der Waals surface area contributed by atoms with Crippen molar-refractivity contribution in [2.75, 3.05) is 13.2 Å². The number of rotatable bonds is 42. The van der Waals surface area contributed by atoms with Crippen molar-refractivity contribution in [1.29, 1.82) is 0 Å². The Morgan fingerprint density at radius 2 is 0.852 bits per heavy atom. The molecule has 0 saturated carbocycles. The summed E-state index contributed by atoms with van der Waals surface area (Å²) in [6.07, 6.45) is 47.7. The third kappa shape index (κ3) is 43.3. The van der Waals surface area contributed by atoms with Crippen LogP contribution in [0.2, 0.25) is 0 Å². The molecule has 0 aliphatic carbocycles.